The van der Waals surface area contributed by atoms with Crippen LogP contribution in [0.2, 0.25) is 0 Å². The van der Waals surface area contributed by atoms with Crippen molar-refractivity contribution in [2.24, 2.45) is 0 Å². The normalized spacial score (nSPS) is 15.6. The number of ether oxygens (including phenoxy) is 1. The van der Waals surface area contributed by atoms with Gasteiger partial charge in [0.1, 0.15) is 5.75 Å². The van der Waals surface area contributed by atoms with Crippen LogP contribution in [0.15, 0.2) is 24.3 Å². The smallest absolute Gasteiger partial charge is 0.453 e. The zero-order chi connectivity index (χ0) is 16.3. The van der Waals surface area contributed by atoms with Gasteiger partial charge in [0.05, 0.1) is 18.6 Å². The molecule has 1 aromatic carbocycles. The zero-order valence-corrected chi connectivity index (χ0v) is 11.7. The number of alkyl halides is 5. The van der Waals surface area contributed by atoms with E-state index in [0.29, 0.717) is 12.4 Å². The van der Waals surface area contributed by atoms with E-state index in [9.17, 15) is 27.1 Å². The van der Waals surface area contributed by atoms with Crippen LogP contribution in [0.5, 0.6) is 5.75 Å². The van der Waals surface area contributed by atoms with E-state index in [2.05, 4.69) is 0 Å². The topological polar surface area (TPSA) is 29.5 Å². The number of hydrogen-bond donors (Lipinski definition) is 1. The van der Waals surface area contributed by atoms with Gasteiger partial charge in [-0.3, -0.25) is 0 Å². The molecule has 0 aromatic heterocycles. The van der Waals surface area contributed by atoms with Gasteiger partial charge in [-0.1, -0.05) is 19.1 Å². The van der Waals surface area contributed by atoms with E-state index in [1.807, 2.05) is 6.92 Å². The zero-order valence-electron chi connectivity index (χ0n) is 11.7. The van der Waals surface area contributed by atoms with Crippen LogP contribution in [0, 0.1) is 0 Å². The second kappa shape index (κ2) is 6.17. The fourth-order valence-electron chi connectivity index (χ4n) is 1.76. The molecule has 1 aromatic rings. The molecule has 0 fully saturated rings. The third-order valence-electron chi connectivity index (χ3n) is 2.93. The highest BCUT2D eigenvalue weighted by Gasteiger charge is 2.59. The molecule has 2 nitrogen and oxygen atoms in total. The monoisotopic (exact) mass is 312 g/mol. The van der Waals surface area contributed by atoms with E-state index >= 15 is 0 Å². The lowest BCUT2D eigenvalue weighted by atomic mass is 9.89. The summed E-state index contributed by atoms with van der Waals surface area (Å²) in [5.74, 6) is -4.51. The van der Waals surface area contributed by atoms with Crippen molar-refractivity contribution >= 4 is 0 Å². The van der Waals surface area contributed by atoms with Crippen molar-refractivity contribution in [2.45, 2.75) is 44.4 Å². The maximum Gasteiger partial charge on any atom is 0.453 e. The van der Waals surface area contributed by atoms with Crippen LogP contribution < -0.4 is 4.74 Å². The Morgan fingerprint density at radius 2 is 1.57 bits per heavy atom. The van der Waals surface area contributed by atoms with Gasteiger partial charge in [-0.25, -0.2) is 0 Å². The molecule has 0 aliphatic heterocycles. The molecule has 1 unspecified atom stereocenters. The van der Waals surface area contributed by atoms with Crippen molar-refractivity contribution in [3.05, 3.63) is 29.8 Å². The molecular weight excluding hydrogens is 295 g/mol. The van der Waals surface area contributed by atoms with Gasteiger partial charge < -0.3 is 9.84 Å². The van der Waals surface area contributed by atoms with E-state index < -0.39 is 24.1 Å². The van der Waals surface area contributed by atoms with Gasteiger partial charge in [-0.2, -0.15) is 22.0 Å². The van der Waals surface area contributed by atoms with Gasteiger partial charge >= 0.3 is 12.1 Å². The molecule has 0 saturated heterocycles. The van der Waals surface area contributed by atoms with E-state index in [0.717, 1.165) is 13.3 Å². The van der Waals surface area contributed by atoms with Crippen molar-refractivity contribution < 1.29 is 31.8 Å². The van der Waals surface area contributed by atoms with E-state index in [-0.39, 0.29) is 5.56 Å². The van der Waals surface area contributed by atoms with Crippen LogP contribution in [-0.2, 0) is 5.60 Å². The summed E-state index contributed by atoms with van der Waals surface area (Å²) >= 11 is 0. The fraction of sp³-hybridized carbons (Fsp3) is 0.571. The molecule has 0 spiro atoms. The summed E-state index contributed by atoms with van der Waals surface area (Å²) in [6.07, 6.45) is -6.66. The van der Waals surface area contributed by atoms with Crippen LogP contribution in [-0.4, -0.2) is 23.8 Å². The van der Waals surface area contributed by atoms with E-state index in [1.54, 1.807) is 0 Å². The quantitative estimate of drug-likeness (QED) is 0.795. The summed E-state index contributed by atoms with van der Waals surface area (Å²) in [5.41, 5.74) is -2.34. The minimum absolute atomic E-state index is 0.0322. The average molecular weight is 312 g/mol. The molecule has 0 heterocycles. The lowest BCUT2D eigenvalue weighted by molar-refractivity contribution is -0.296. The van der Waals surface area contributed by atoms with Gasteiger partial charge in [0.15, 0.2) is 0 Å². The Balaban J connectivity index is 2.87. The second-order valence-electron chi connectivity index (χ2n) is 5.03. The molecule has 0 aliphatic rings. The minimum atomic E-state index is -5.69. The molecule has 21 heavy (non-hydrogen) atoms. The van der Waals surface area contributed by atoms with Crippen molar-refractivity contribution in [2.75, 3.05) is 6.61 Å². The van der Waals surface area contributed by atoms with Crippen molar-refractivity contribution in [3.63, 3.8) is 0 Å². The summed E-state index contributed by atoms with van der Waals surface area (Å²) in [5, 5.41) is 9.93. The molecule has 7 heteroatoms. The van der Waals surface area contributed by atoms with Crippen LogP contribution in [0.3, 0.4) is 0 Å². The Bertz CT molecular complexity index is 451. The molecule has 0 aliphatic carbocycles. The highest BCUT2D eigenvalue weighted by molar-refractivity contribution is 5.30. The third-order valence-corrected chi connectivity index (χ3v) is 2.93. The molecular formula is C14H17F5O2. The predicted octanol–water partition coefficient (Wildman–Crippen LogP) is 4.27. The number of halogens is 5. The average Bonchev–Trinajstić information content (AvgIpc) is 2.34. The van der Waals surface area contributed by atoms with Gasteiger partial charge in [0, 0.05) is 0 Å². The molecule has 0 amide bonds. The standard InChI is InChI=1S/C14H17F5O2/c1-3-8-21-11-6-4-10(5-7-11)12(2,20)9-13(15,16)14(17,18)19/h4-7,20H,3,8-9H2,1-2H3. The second-order valence-corrected chi connectivity index (χ2v) is 5.03. The molecule has 0 saturated carbocycles. The Kier molecular flexibility index (Phi) is 5.20. The van der Waals surface area contributed by atoms with Crippen molar-refractivity contribution in [3.8, 4) is 5.75 Å². The van der Waals surface area contributed by atoms with Gasteiger partial charge in [-0.15, -0.1) is 0 Å². The lowest BCUT2D eigenvalue weighted by Gasteiger charge is -2.30. The first kappa shape index (κ1) is 17.7. The number of hydrogen-bond acceptors (Lipinski definition) is 2. The van der Waals surface area contributed by atoms with Crippen LogP contribution in [0.1, 0.15) is 32.3 Å². The van der Waals surface area contributed by atoms with Crippen LogP contribution >= 0.6 is 0 Å². The van der Waals surface area contributed by atoms with Crippen molar-refractivity contribution in [1.82, 2.24) is 0 Å². The van der Waals surface area contributed by atoms with Crippen LogP contribution in [0.4, 0.5) is 22.0 Å². The largest absolute Gasteiger partial charge is 0.494 e. The molecule has 120 valence electrons. The molecule has 1 atom stereocenters. The summed E-state index contributed by atoms with van der Waals surface area (Å²) < 4.78 is 68.0. The summed E-state index contributed by atoms with van der Waals surface area (Å²) in [7, 11) is 0. The third kappa shape index (κ3) is 4.56. The van der Waals surface area contributed by atoms with E-state index in [1.165, 1.54) is 24.3 Å². The number of rotatable bonds is 6. The SMILES string of the molecule is CCCOc1ccc(C(C)(O)CC(F)(F)C(F)(F)F)cc1. The first-order chi connectivity index (χ1) is 9.49. The number of aliphatic hydroxyl groups is 1. The molecule has 1 rings (SSSR count). The molecule has 0 bridgehead atoms. The van der Waals surface area contributed by atoms with Gasteiger partial charge in [0.2, 0.25) is 0 Å². The Labute approximate surface area is 119 Å². The number of benzene rings is 1. The summed E-state index contributed by atoms with van der Waals surface area (Å²) in [4.78, 5) is 0. The minimum Gasteiger partial charge on any atom is -0.494 e. The lowest BCUT2D eigenvalue weighted by Crippen LogP contribution is -2.42. The molecule has 1 N–H and O–H groups in total. The Hall–Kier alpha value is -1.37. The van der Waals surface area contributed by atoms with Gasteiger partial charge in [0.25, 0.3) is 0 Å². The first-order valence-corrected chi connectivity index (χ1v) is 6.40. The van der Waals surface area contributed by atoms with Crippen LogP contribution in [0.25, 0.3) is 0 Å². The maximum absolute atomic E-state index is 13.0. The predicted molar refractivity (Wildman–Crippen MR) is 67.4 cm³/mol. The summed E-state index contributed by atoms with van der Waals surface area (Å²) in [6.45, 7) is 3.29. The molecule has 0 radical (unpaired) electrons. The first-order valence-electron chi connectivity index (χ1n) is 6.40. The van der Waals surface area contributed by atoms with Gasteiger partial charge in [-0.05, 0) is 31.0 Å². The maximum atomic E-state index is 13.0. The van der Waals surface area contributed by atoms with Crippen molar-refractivity contribution in [1.29, 1.82) is 0 Å². The fourth-order valence-corrected chi connectivity index (χ4v) is 1.76. The Morgan fingerprint density at radius 1 is 1.05 bits per heavy atom. The van der Waals surface area contributed by atoms with E-state index in [4.69, 9.17) is 4.74 Å². The Morgan fingerprint density at radius 3 is 2.00 bits per heavy atom. The highest BCUT2D eigenvalue weighted by atomic mass is 19.4. The highest BCUT2D eigenvalue weighted by Crippen LogP contribution is 2.43. The summed E-state index contributed by atoms with van der Waals surface area (Å²) in [6, 6.07) is 5.39.